The first-order valence-electron chi connectivity index (χ1n) is 7.61. The van der Waals surface area contributed by atoms with E-state index in [1.165, 1.54) is 38.5 Å². The molecule has 0 aromatic heterocycles. The Morgan fingerprint density at radius 1 is 1.18 bits per heavy atom. The summed E-state index contributed by atoms with van der Waals surface area (Å²) in [7, 11) is 0. The molecule has 3 unspecified atom stereocenters. The molecule has 0 aliphatic heterocycles. The SMILES string of the molecule is CCC1=C(CC)C(CC)C2(CC)C=CCC2C1. The molecule has 0 amide bonds. The van der Waals surface area contributed by atoms with E-state index in [1.54, 1.807) is 11.1 Å². The highest BCUT2D eigenvalue weighted by molar-refractivity contribution is 5.31. The van der Waals surface area contributed by atoms with E-state index in [1.807, 2.05) is 0 Å². The second-order valence-electron chi connectivity index (χ2n) is 5.80. The largest absolute Gasteiger partial charge is 0.0876 e. The standard InChI is InChI=1S/C17H28/c1-5-13-12-14-10-9-11-17(14,8-4)16(7-3)15(13)6-2/h9,11,14,16H,5-8,10,12H2,1-4H3. The maximum atomic E-state index is 2.58. The molecule has 0 heterocycles. The predicted octanol–water partition coefficient (Wildman–Crippen LogP) is 5.51. The van der Waals surface area contributed by atoms with E-state index in [9.17, 15) is 0 Å². The fourth-order valence-electron chi connectivity index (χ4n) is 4.63. The van der Waals surface area contributed by atoms with Gasteiger partial charge in [-0.25, -0.2) is 0 Å². The summed E-state index contributed by atoms with van der Waals surface area (Å²) in [4.78, 5) is 0. The van der Waals surface area contributed by atoms with Gasteiger partial charge in [-0.15, -0.1) is 0 Å². The monoisotopic (exact) mass is 232 g/mol. The Kier molecular flexibility index (Phi) is 3.80. The molecule has 3 atom stereocenters. The summed E-state index contributed by atoms with van der Waals surface area (Å²) in [6.07, 6.45) is 12.9. The van der Waals surface area contributed by atoms with Gasteiger partial charge in [-0.05, 0) is 55.8 Å². The lowest BCUT2D eigenvalue weighted by molar-refractivity contribution is 0.135. The van der Waals surface area contributed by atoms with E-state index < -0.39 is 0 Å². The number of hydrogen-bond acceptors (Lipinski definition) is 0. The molecule has 2 aliphatic carbocycles. The smallest absolute Gasteiger partial charge is 0.00212 e. The second-order valence-corrected chi connectivity index (χ2v) is 5.80. The van der Waals surface area contributed by atoms with Gasteiger partial charge in [-0.3, -0.25) is 0 Å². The van der Waals surface area contributed by atoms with E-state index in [-0.39, 0.29) is 0 Å². The summed E-state index contributed by atoms with van der Waals surface area (Å²) >= 11 is 0. The molecule has 0 fully saturated rings. The Morgan fingerprint density at radius 3 is 2.47 bits per heavy atom. The van der Waals surface area contributed by atoms with Crippen molar-refractivity contribution in [3.8, 4) is 0 Å². The average molecular weight is 232 g/mol. The minimum atomic E-state index is 0.513. The molecule has 17 heavy (non-hydrogen) atoms. The maximum absolute atomic E-state index is 2.58. The molecule has 0 aromatic rings. The average Bonchev–Trinajstić information content (AvgIpc) is 2.79. The maximum Gasteiger partial charge on any atom is -0.00212 e. The number of rotatable bonds is 4. The Balaban J connectivity index is 2.45. The van der Waals surface area contributed by atoms with E-state index in [4.69, 9.17) is 0 Å². The normalized spacial score (nSPS) is 36.5. The second kappa shape index (κ2) is 5.00. The zero-order valence-electron chi connectivity index (χ0n) is 12.1. The van der Waals surface area contributed by atoms with E-state index in [0.29, 0.717) is 5.41 Å². The molecule has 0 spiro atoms. The van der Waals surface area contributed by atoms with Gasteiger partial charge in [0.25, 0.3) is 0 Å². The Labute approximate surface area is 107 Å². The van der Waals surface area contributed by atoms with Gasteiger partial charge in [0.2, 0.25) is 0 Å². The highest BCUT2D eigenvalue weighted by atomic mass is 14.5. The molecule has 0 radical (unpaired) electrons. The highest BCUT2D eigenvalue weighted by Crippen LogP contribution is 2.57. The molecule has 0 nitrogen and oxygen atoms in total. The van der Waals surface area contributed by atoms with Crippen LogP contribution in [0.1, 0.15) is 66.2 Å². The van der Waals surface area contributed by atoms with Crippen molar-refractivity contribution in [3.63, 3.8) is 0 Å². The third-order valence-corrected chi connectivity index (χ3v) is 5.45. The van der Waals surface area contributed by atoms with Crippen molar-refractivity contribution in [1.29, 1.82) is 0 Å². The minimum Gasteiger partial charge on any atom is -0.0876 e. The summed E-state index contributed by atoms with van der Waals surface area (Å²) in [6, 6.07) is 0. The van der Waals surface area contributed by atoms with Gasteiger partial charge in [-0.1, -0.05) is 51.0 Å². The summed E-state index contributed by atoms with van der Waals surface area (Å²) < 4.78 is 0. The Bertz CT molecular complexity index is 334. The number of fused-ring (bicyclic) bond motifs is 1. The molecule has 0 aromatic carbocycles. The van der Waals surface area contributed by atoms with E-state index in [2.05, 4.69) is 39.8 Å². The summed E-state index contributed by atoms with van der Waals surface area (Å²) in [6.45, 7) is 9.49. The molecule has 0 heteroatoms. The van der Waals surface area contributed by atoms with Gasteiger partial charge in [0.1, 0.15) is 0 Å². The zero-order valence-corrected chi connectivity index (χ0v) is 12.1. The fraction of sp³-hybridized carbons (Fsp3) is 0.765. The van der Waals surface area contributed by atoms with Crippen LogP contribution in [0, 0.1) is 17.3 Å². The van der Waals surface area contributed by atoms with E-state index in [0.717, 1.165) is 11.8 Å². The van der Waals surface area contributed by atoms with Crippen LogP contribution in [0.25, 0.3) is 0 Å². The minimum absolute atomic E-state index is 0.513. The predicted molar refractivity (Wildman–Crippen MR) is 76.0 cm³/mol. The van der Waals surface area contributed by atoms with Gasteiger partial charge in [0.15, 0.2) is 0 Å². The van der Waals surface area contributed by atoms with Crippen molar-refractivity contribution >= 4 is 0 Å². The molecule has 0 bridgehead atoms. The first kappa shape index (κ1) is 12.9. The highest BCUT2D eigenvalue weighted by Gasteiger charge is 2.47. The van der Waals surface area contributed by atoms with Crippen LogP contribution in [0.2, 0.25) is 0 Å². The van der Waals surface area contributed by atoms with Crippen LogP contribution in [0.4, 0.5) is 0 Å². The summed E-state index contributed by atoms with van der Waals surface area (Å²) in [5.74, 6) is 1.73. The molecular formula is C17H28. The Hall–Kier alpha value is -0.520. The van der Waals surface area contributed by atoms with Crippen LogP contribution in [-0.4, -0.2) is 0 Å². The van der Waals surface area contributed by atoms with Crippen molar-refractivity contribution in [3.05, 3.63) is 23.3 Å². The molecule has 0 saturated heterocycles. The van der Waals surface area contributed by atoms with Crippen molar-refractivity contribution < 1.29 is 0 Å². The molecular weight excluding hydrogens is 204 g/mol. The number of hydrogen-bond donors (Lipinski definition) is 0. The fourth-order valence-corrected chi connectivity index (χ4v) is 4.63. The lowest BCUT2D eigenvalue weighted by Gasteiger charge is -2.47. The molecule has 0 N–H and O–H groups in total. The quantitative estimate of drug-likeness (QED) is 0.561. The first-order chi connectivity index (χ1) is 8.23. The lowest BCUT2D eigenvalue weighted by Crippen LogP contribution is -2.38. The van der Waals surface area contributed by atoms with Gasteiger partial charge in [0, 0.05) is 0 Å². The third-order valence-electron chi connectivity index (χ3n) is 5.45. The summed E-state index contributed by atoms with van der Waals surface area (Å²) in [5, 5.41) is 0. The summed E-state index contributed by atoms with van der Waals surface area (Å²) in [5.41, 5.74) is 4.11. The lowest BCUT2D eigenvalue weighted by atomic mass is 9.57. The van der Waals surface area contributed by atoms with Crippen LogP contribution >= 0.6 is 0 Å². The van der Waals surface area contributed by atoms with Crippen molar-refractivity contribution in [1.82, 2.24) is 0 Å². The van der Waals surface area contributed by atoms with Gasteiger partial charge in [0.05, 0.1) is 0 Å². The molecule has 2 rings (SSSR count). The molecule has 0 saturated carbocycles. The Morgan fingerprint density at radius 2 is 1.94 bits per heavy atom. The van der Waals surface area contributed by atoms with Gasteiger partial charge in [-0.2, -0.15) is 0 Å². The van der Waals surface area contributed by atoms with Crippen LogP contribution in [0.3, 0.4) is 0 Å². The molecule has 2 aliphatic rings. The van der Waals surface area contributed by atoms with Crippen molar-refractivity contribution in [2.45, 2.75) is 66.2 Å². The van der Waals surface area contributed by atoms with Crippen molar-refractivity contribution in [2.75, 3.05) is 0 Å². The van der Waals surface area contributed by atoms with Gasteiger partial charge < -0.3 is 0 Å². The van der Waals surface area contributed by atoms with E-state index >= 15 is 0 Å². The van der Waals surface area contributed by atoms with Crippen molar-refractivity contribution in [2.24, 2.45) is 17.3 Å². The zero-order chi connectivity index (χ0) is 12.5. The van der Waals surface area contributed by atoms with Crippen LogP contribution in [0.5, 0.6) is 0 Å². The first-order valence-corrected chi connectivity index (χ1v) is 7.61. The van der Waals surface area contributed by atoms with Crippen LogP contribution < -0.4 is 0 Å². The molecule has 96 valence electrons. The van der Waals surface area contributed by atoms with Crippen LogP contribution in [0.15, 0.2) is 23.3 Å². The number of allylic oxidation sites excluding steroid dienone is 4. The topological polar surface area (TPSA) is 0 Å². The third kappa shape index (κ3) is 1.80. The van der Waals surface area contributed by atoms with Crippen LogP contribution in [-0.2, 0) is 0 Å². The van der Waals surface area contributed by atoms with Gasteiger partial charge >= 0.3 is 0 Å².